The van der Waals surface area contributed by atoms with Gasteiger partial charge in [-0.1, -0.05) is 84.9 Å². The largest absolute Gasteiger partial charge is 0.463 e. The Hall–Kier alpha value is -6.50. The van der Waals surface area contributed by atoms with Crippen LogP contribution in [-0.2, 0) is 73.1 Å². The topological polar surface area (TPSA) is 204 Å². The molecule has 338 valence electrons. The molecule has 2 fully saturated rings. The van der Waals surface area contributed by atoms with Crippen LogP contribution in [0.2, 0.25) is 0 Å². The number of rotatable bonds is 17. The SMILES string of the molecule is CO[C@H]1O[C@H](COC(=O)c2ccccc2)[C@@H](O[C@H]2O[C@H](COC(C)=O)[C@@H](OC(C)=O)[C@H](OC(C)=O)[C@H]2OCc2ccccc2)[C@H](OC(=O)c2ccccc2)[C@H]1OC(=O)c1ccccc1. The van der Waals surface area contributed by atoms with Gasteiger partial charge in [0.05, 0.1) is 23.3 Å². The Bertz CT molecular complexity index is 2170. The first kappa shape index (κ1) is 47.0. The van der Waals surface area contributed by atoms with Crippen molar-refractivity contribution < 1.29 is 80.9 Å². The number of carbonyl (C=O) groups is 6. The van der Waals surface area contributed by atoms with Crippen molar-refractivity contribution in [3.8, 4) is 0 Å². The molecule has 4 aromatic carbocycles. The molecule has 10 atom stereocenters. The predicted molar refractivity (Wildman–Crippen MR) is 220 cm³/mol. The Morgan fingerprint density at radius 2 is 0.891 bits per heavy atom. The Labute approximate surface area is 368 Å². The highest BCUT2D eigenvalue weighted by molar-refractivity contribution is 5.91. The molecule has 0 amide bonds. The van der Waals surface area contributed by atoms with Crippen LogP contribution in [0.1, 0.15) is 57.4 Å². The summed E-state index contributed by atoms with van der Waals surface area (Å²) in [7, 11) is 1.27. The smallest absolute Gasteiger partial charge is 0.338 e. The van der Waals surface area contributed by atoms with E-state index in [0.717, 1.165) is 20.8 Å². The lowest BCUT2D eigenvalue weighted by atomic mass is 9.95. The maximum absolute atomic E-state index is 14.1. The maximum Gasteiger partial charge on any atom is 0.338 e. The highest BCUT2D eigenvalue weighted by atomic mass is 16.8. The van der Waals surface area contributed by atoms with Crippen molar-refractivity contribution in [2.45, 2.75) is 88.8 Å². The molecular formula is C47H48O17. The summed E-state index contributed by atoms with van der Waals surface area (Å²) < 4.78 is 66.5. The molecule has 2 aliphatic rings. The molecule has 0 spiro atoms. The van der Waals surface area contributed by atoms with Crippen LogP contribution in [0.4, 0.5) is 0 Å². The molecule has 17 heteroatoms. The van der Waals surface area contributed by atoms with Gasteiger partial charge < -0.3 is 52.1 Å². The van der Waals surface area contributed by atoms with Crippen molar-refractivity contribution in [1.82, 2.24) is 0 Å². The Morgan fingerprint density at radius 3 is 1.41 bits per heavy atom. The standard InChI is InChI=1S/C47H48O17/c1-28(48)55-26-35-37(58-29(2)49)39(59-30(3)50)41(56-25-31-17-9-5-10-18-31)47(61-35)64-38-36(27-57-43(51)32-19-11-6-12-20-32)60-46(54-4)42(63-45(53)34-23-15-8-16-24-34)40(38)62-44(52)33-21-13-7-14-22-33/h5-24,35-42,46-47H,25-27H2,1-4H3/t35-,36-,37-,38-,39+,40+,41-,42-,46+,47-/m1/s1. The van der Waals surface area contributed by atoms with Crippen molar-refractivity contribution in [1.29, 1.82) is 0 Å². The van der Waals surface area contributed by atoms with Crippen LogP contribution in [0.5, 0.6) is 0 Å². The first-order valence-corrected chi connectivity index (χ1v) is 20.3. The second kappa shape index (κ2) is 22.7. The molecule has 0 aromatic heterocycles. The fourth-order valence-corrected chi connectivity index (χ4v) is 7.05. The van der Waals surface area contributed by atoms with Crippen LogP contribution < -0.4 is 0 Å². The lowest BCUT2D eigenvalue weighted by molar-refractivity contribution is -0.361. The Balaban J connectivity index is 1.47. The summed E-state index contributed by atoms with van der Waals surface area (Å²) >= 11 is 0. The van der Waals surface area contributed by atoms with Crippen LogP contribution in [0.25, 0.3) is 0 Å². The van der Waals surface area contributed by atoms with Gasteiger partial charge in [0.25, 0.3) is 0 Å². The number of hydrogen-bond acceptors (Lipinski definition) is 17. The number of methoxy groups -OCH3 is 1. The average Bonchev–Trinajstić information content (AvgIpc) is 3.30. The van der Waals surface area contributed by atoms with Crippen molar-refractivity contribution in [2.75, 3.05) is 20.3 Å². The van der Waals surface area contributed by atoms with Gasteiger partial charge in [-0.05, 0) is 42.0 Å². The van der Waals surface area contributed by atoms with E-state index in [-0.39, 0.29) is 23.3 Å². The fourth-order valence-electron chi connectivity index (χ4n) is 7.05. The van der Waals surface area contributed by atoms with E-state index in [0.29, 0.717) is 5.56 Å². The van der Waals surface area contributed by atoms with E-state index >= 15 is 0 Å². The molecule has 0 aliphatic carbocycles. The monoisotopic (exact) mass is 884 g/mol. The molecule has 6 rings (SSSR count). The summed E-state index contributed by atoms with van der Waals surface area (Å²) in [5.74, 6) is -4.77. The second-order valence-corrected chi connectivity index (χ2v) is 14.6. The molecule has 2 saturated heterocycles. The predicted octanol–water partition coefficient (Wildman–Crippen LogP) is 4.79. The van der Waals surface area contributed by atoms with Crippen molar-refractivity contribution >= 4 is 35.8 Å². The summed E-state index contributed by atoms with van der Waals surface area (Å²) in [6.45, 7) is 2.22. The minimum Gasteiger partial charge on any atom is -0.463 e. The molecule has 0 saturated carbocycles. The minimum atomic E-state index is -1.68. The summed E-state index contributed by atoms with van der Waals surface area (Å²) in [5.41, 5.74) is 1.13. The zero-order valence-corrected chi connectivity index (χ0v) is 35.4. The van der Waals surface area contributed by atoms with Gasteiger partial charge >= 0.3 is 35.8 Å². The summed E-state index contributed by atoms with van der Waals surface area (Å²) in [6.07, 6.45) is -15.0. The lowest BCUT2D eigenvalue weighted by Crippen LogP contribution is -2.67. The molecule has 17 nitrogen and oxygen atoms in total. The van der Waals surface area contributed by atoms with Crippen molar-refractivity contribution in [3.05, 3.63) is 144 Å². The molecule has 2 aliphatic heterocycles. The van der Waals surface area contributed by atoms with E-state index < -0.39 is 110 Å². The third-order valence-corrected chi connectivity index (χ3v) is 9.94. The summed E-state index contributed by atoms with van der Waals surface area (Å²) in [6, 6.07) is 33.0. The summed E-state index contributed by atoms with van der Waals surface area (Å²) in [4.78, 5) is 78.7. The van der Waals surface area contributed by atoms with Crippen LogP contribution in [-0.4, -0.2) is 118 Å². The number of esters is 6. The Morgan fingerprint density at radius 1 is 0.453 bits per heavy atom. The van der Waals surface area contributed by atoms with Gasteiger partial charge in [0.1, 0.15) is 37.6 Å². The van der Waals surface area contributed by atoms with E-state index in [1.54, 1.807) is 97.1 Å². The van der Waals surface area contributed by atoms with Gasteiger partial charge in [-0.25, -0.2) is 14.4 Å². The lowest BCUT2D eigenvalue weighted by Gasteiger charge is -2.49. The summed E-state index contributed by atoms with van der Waals surface area (Å²) in [5, 5.41) is 0. The van der Waals surface area contributed by atoms with Gasteiger partial charge in [-0.3, -0.25) is 14.4 Å². The first-order chi connectivity index (χ1) is 30.9. The van der Waals surface area contributed by atoms with Crippen molar-refractivity contribution in [2.24, 2.45) is 0 Å². The van der Waals surface area contributed by atoms with E-state index in [1.807, 2.05) is 0 Å². The second-order valence-electron chi connectivity index (χ2n) is 14.6. The highest BCUT2D eigenvalue weighted by Crippen LogP contribution is 2.36. The average molecular weight is 885 g/mol. The zero-order valence-electron chi connectivity index (χ0n) is 35.4. The van der Waals surface area contributed by atoms with Gasteiger partial charge in [-0.15, -0.1) is 0 Å². The fraction of sp³-hybridized carbons (Fsp3) is 0.362. The zero-order chi connectivity index (χ0) is 45.6. The molecule has 2 heterocycles. The number of hydrogen-bond donors (Lipinski definition) is 0. The third-order valence-electron chi connectivity index (χ3n) is 9.94. The number of ether oxygens (including phenoxy) is 11. The van der Waals surface area contributed by atoms with E-state index in [1.165, 1.54) is 31.4 Å². The third kappa shape index (κ3) is 12.6. The highest BCUT2D eigenvalue weighted by Gasteiger charge is 2.57. The van der Waals surface area contributed by atoms with Crippen LogP contribution >= 0.6 is 0 Å². The molecule has 0 N–H and O–H groups in total. The molecule has 0 radical (unpaired) electrons. The van der Waals surface area contributed by atoms with Gasteiger partial charge in [0.15, 0.2) is 37.0 Å². The number of carbonyl (C=O) groups excluding carboxylic acids is 6. The molecule has 64 heavy (non-hydrogen) atoms. The van der Waals surface area contributed by atoms with Crippen LogP contribution in [0.15, 0.2) is 121 Å². The quantitative estimate of drug-likeness (QED) is 0.103. The van der Waals surface area contributed by atoms with E-state index in [2.05, 4.69) is 0 Å². The van der Waals surface area contributed by atoms with Gasteiger partial charge in [0, 0.05) is 27.9 Å². The maximum atomic E-state index is 14.1. The Kier molecular flexibility index (Phi) is 16.7. The minimum absolute atomic E-state index is 0.112. The van der Waals surface area contributed by atoms with Gasteiger partial charge in [0.2, 0.25) is 0 Å². The van der Waals surface area contributed by atoms with Crippen LogP contribution in [0, 0.1) is 0 Å². The molecule has 4 aromatic rings. The van der Waals surface area contributed by atoms with Gasteiger partial charge in [-0.2, -0.15) is 0 Å². The number of benzene rings is 4. The van der Waals surface area contributed by atoms with Crippen molar-refractivity contribution in [3.63, 3.8) is 0 Å². The van der Waals surface area contributed by atoms with E-state index in [9.17, 15) is 28.8 Å². The van der Waals surface area contributed by atoms with E-state index in [4.69, 9.17) is 52.1 Å². The first-order valence-electron chi connectivity index (χ1n) is 20.3. The molecule has 0 bridgehead atoms. The normalized spacial score (nSPS) is 25.2. The van der Waals surface area contributed by atoms with Crippen LogP contribution in [0.3, 0.4) is 0 Å². The molecular weight excluding hydrogens is 836 g/mol. The molecule has 0 unspecified atom stereocenters.